The van der Waals surface area contributed by atoms with Gasteiger partial charge in [0.25, 0.3) is 0 Å². The van der Waals surface area contributed by atoms with Crippen LogP contribution in [0.5, 0.6) is 0 Å². The van der Waals surface area contributed by atoms with Crippen molar-refractivity contribution in [1.82, 2.24) is 4.98 Å². The minimum absolute atomic E-state index is 0.149. The number of aryl methyl sites for hydroxylation is 2. The van der Waals surface area contributed by atoms with Gasteiger partial charge in [-0.1, -0.05) is 13.8 Å². The number of halogens is 1. The molecule has 2 rings (SSSR count). The molecular formula is C14H16BrNO. The first kappa shape index (κ1) is 12.4. The molecule has 2 nitrogen and oxygen atoms in total. The molecule has 0 unspecified atom stereocenters. The van der Waals surface area contributed by atoms with Crippen molar-refractivity contribution in [3.8, 4) is 0 Å². The molecule has 0 bridgehead atoms. The number of pyridine rings is 1. The van der Waals surface area contributed by atoms with Gasteiger partial charge in [0.1, 0.15) is 0 Å². The molecule has 0 radical (unpaired) electrons. The number of aromatic amines is 1. The van der Waals surface area contributed by atoms with Gasteiger partial charge in [0.05, 0.1) is 5.52 Å². The van der Waals surface area contributed by atoms with Gasteiger partial charge in [-0.2, -0.15) is 0 Å². The minimum atomic E-state index is 0.149. The van der Waals surface area contributed by atoms with Crippen molar-refractivity contribution in [3.05, 3.63) is 43.6 Å². The number of benzene rings is 1. The second kappa shape index (κ2) is 4.30. The van der Waals surface area contributed by atoms with Gasteiger partial charge in [0, 0.05) is 21.1 Å². The Morgan fingerprint density at radius 1 is 1.24 bits per heavy atom. The predicted molar refractivity (Wildman–Crippen MR) is 75.8 cm³/mol. The summed E-state index contributed by atoms with van der Waals surface area (Å²) in [7, 11) is 0. The number of H-pyrrole nitrogens is 1. The monoisotopic (exact) mass is 293 g/mol. The maximum absolute atomic E-state index is 12.5. The molecule has 17 heavy (non-hydrogen) atoms. The van der Waals surface area contributed by atoms with Crippen molar-refractivity contribution >= 4 is 26.8 Å². The third-order valence-electron chi connectivity index (χ3n) is 3.02. The van der Waals surface area contributed by atoms with Crippen LogP contribution in [0.2, 0.25) is 0 Å². The zero-order valence-corrected chi connectivity index (χ0v) is 12.1. The van der Waals surface area contributed by atoms with Gasteiger partial charge in [-0.05, 0) is 53.4 Å². The Balaban J connectivity index is 2.97. The molecule has 90 valence electrons. The Hall–Kier alpha value is -1.09. The van der Waals surface area contributed by atoms with E-state index in [1.165, 1.54) is 0 Å². The number of fused-ring (bicyclic) bond motifs is 1. The third kappa shape index (κ3) is 2.04. The number of hydrogen-bond acceptors (Lipinski definition) is 1. The smallest absolute Gasteiger partial charge is 0.193 e. The zero-order chi connectivity index (χ0) is 12.7. The lowest BCUT2D eigenvalue weighted by Gasteiger charge is -2.12. The molecule has 0 saturated heterocycles. The van der Waals surface area contributed by atoms with Crippen LogP contribution in [0.1, 0.15) is 36.6 Å². The maximum Gasteiger partial charge on any atom is 0.193 e. The molecule has 0 aliphatic rings. The second-order valence-electron chi connectivity index (χ2n) is 4.82. The van der Waals surface area contributed by atoms with Crippen LogP contribution in [0, 0.1) is 13.8 Å². The standard InChI is InChI=1S/C14H16BrNO/c1-7(2)12-9(4)16-13-10(14(12)17)5-8(3)6-11(13)15/h5-7H,1-4H3,(H,16,17). The minimum Gasteiger partial charge on any atom is -0.357 e. The fourth-order valence-corrected chi connectivity index (χ4v) is 2.99. The summed E-state index contributed by atoms with van der Waals surface area (Å²) in [6.45, 7) is 8.06. The first-order valence-corrected chi connectivity index (χ1v) is 6.53. The van der Waals surface area contributed by atoms with Crippen molar-refractivity contribution in [3.63, 3.8) is 0 Å². The fraction of sp³-hybridized carbons (Fsp3) is 0.357. The van der Waals surface area contributed by atoms with Crippen LogP contribution in [0.3, 0.4) is 0 Å². The van der Waals surface area contributed by atoms with Crippen LogP contribution in [0.15, 0.2) is 21.4 Å². The van der Waals surface area contributed by atoms with E-state index < -0.39 is 0 Å². The van der Waals surface area contributed by atoms with Gasteiger partial charge in [0.2, 0.25) is 0 Å². The van der Waals surface area contributed by atoms with Crippen LogP contribution in [0.4, 0.5) is 0 Å². The van der Waals surface area contributed by atoms with Crippen molar-refractivity contribution in [1.29, 1.82) is 0 Å². The predicted octanol–water partition coefficient (Wildman–Crippen LogP) is 4.03. The summed E-state index contributed by atoms with van der Waals surface area (Å²) in [5.41, 5.74) is 3.98. The molecule has 0 fully saturated rings. The summed E-state index contributed by atoms with van der Waals surface area (Å²) in [5, 5.41) is 0.770. The van der Waals surface area contributed by atoms with Gasteiger partial charge in [-0.25, -0.2) is 0 Å². The topological polar surface area (TPSA) is 32.9 Å². The molecule has 1 aromatic heterocycles. The molecule has 0 aliphatic heterocycles. The van der Waals surface area contributed by atoms with Crippen LogP contribution >= 0.6 is 15.9 Å². The lowest BCUT2D eigenvalue weighted by molar-refractivity contribution is 0.838. The largest absolute Gasteiger partial charge is 0.357 e. The SMILES string of the molecule is Cc1cc(Br)c2[nH]c(C)c(C(C)C)c(=O)c2c1. The zero-order valence-electron chi connectivity index (χ0n) is 10.5. The summed E-state index contributed by atoms with van der Waals surface area (Å²) < 4.78 is 0.947. The highest BCUT2D eigenvalue weighted by molar-refractivity contribution is 9.10. The Morgan fingerprint density at radius 2 is 1.88 bits per heavy atom. The number of nitrogens with one attached hydrogen (secondary N) is 1. The van der Waals surface area contributed by atoms with Crippen molar-refractivity contribution in [2.24, 2.45) is 0 Å². The van der Waals surface area contributed by atoms with Crippen molar-refractivity contribution in [2.45, 2.75) is 33.6 Å². The quantitative estimate of drug-likeness (QED) is 0.846. The molecule has 1 N–H and O–H groups in total. The number of hydrogen-bond donors (Lipinski definition) is 1. The Kier molecular flexibility index (Phi) is 3.13. The van der Waals surface area contributed by atoms with E-state index in [0.717, 1.165) is 32.2 Å². The van der Waals surface area contributed by atoms with Crippen molar-refractivity contribution in [2.75, 3.05) is 0 Å². The molecule has 1 heterocycles. The first-order chi connectivity index (χ1) is 7.91. The van der Waals surface area contributed by atoms with Crippen LogP contribution < -0.4 is 5.43 Å². The molecule has 0 aliphatic carbocycles. The molecule has 0 saturated carbocycles. The Bertz CT molecular complexity index is 641. The second-order valence-corrected chi connectivity index (χ2v) is 5.67. The molecule has 2 aromatic rings. The van der Waals surface area contributed by atoms with E-state index >= 15 is 0 Å². The summed E-state index contributed by atoms with van der Waals surface area (Å²) in [5.74, 6) is 0.238. The number of rotatable bonds is 1. The van der Waals surface area contributed by atoms with E-state index in [2.05, 4.69) is 20.9 Å². The summed E-state index contributed by atoms with van der Waals surface area (Å²) >= 11 is 3.51. The van der Waals surface area contributed by atoms with E-state index in [-0.39, 0.29) is 11.3 Å². The normalized spacial score (nSPS) is 11.4. The fourth-order valence-electron chi connectivity index (χ4n) is 2.31. The Morgan fingerprint density at radius 3 is 2.47 bits per heavy atom. The summed E-state index contributed by atoms with van der Waals surface area (Å²) in [6.07, 6.45) is 0. The van der Waals surface area contributed by atoms with Gasteiger partial charge in [-0.15, -0.1) is 0 Å². The highest BCUT2D eigenvalue weighted by atomic mass is 79.9. The van der Waals surface area contributed by atoms with E-state index in [0.29, 0.717) is 0 Å². The lowest BCUT2D eigenvalue weighted by atomic mass is 9.98. The van der Waals surface area contributed by atoms with Crippen molar-refractivity contribution < 1.29 is 0 Å². The van der Waals surface area contributed by atoms with Gasteiger partial charge in [0.15, 0.2) is 5.43 Å². The average molecular weight is 294 g/mol. The third-order valence-corrected chi connectivity index (χ3v) is 3.64. The van der Waals surface area contributed by atoms with Crippen LogP contribution in [-0.2, 0) is 0 Å². The van der Waals surface area contributed by atoms with E-state index in [4.69, 9.17) is 0 Å². The van der Waals surface area contributed by atoms with E-state index in [9.17, 15) is 4.79 Å². The highest BCUT2D eigenvalue weighted by Crippen LogP contribution is 2.25. The lowest BCUT2D eigenvalue weighted by Crippen LogP contribution is -2.15. The summed E-state index contributed by atoms with van der Waals surface area (Å²) in [6, 6.07) is 3.97. The van der Waals surface area contributed by atoms with E-state index in [1.54, 1.807) is 0 Å². The highest BCUT2D eigenvalue weighted by Gasteiger charge is 2.13. The molecular weight excluding hydrogens is 278 g/mol. The maximum atomic E-state index is 12.5. The van der Waals surface area contributed by atoms with E-state index in [1.807, 2.05) is 39.8 Å². The van der Waals surface area contributed by atoms with Crippen LogP contribution in [-0.4, -0.2) is 4.98 Å². The first-order valence-electron chi connectivity index (χ1n) is 5.74. The van der Waals surface area contributed by atoms with Gasteiger partial charge in [-0.3, -0.25) is 4.79 Å². The van der Waals surface area contributed by atoms with Gasteiger partial charge < -0.3 is 4.98 Å². The molecule has 3 heteroatoms. The van der Waals surface area contributed by atoms with Crippen LogP contribution in [0.25, 0.3) is 10.9 Å². The molecule has 0 atom stereocenters. The number of aromatic nitrogens is 1. The average Bonchev–Trinajstić information content (AvgIpc) is 2.19. The Labute approximate surface area is 109 Å². The summed E-state index contributed by atoms with van der Waals surface area (Å²) in [4.78, 5) is 15.8. The van der Waals surface area contributed by atoms with Gasteiger partial charge >= 0.3 is 0 Å². The molecule has 0 amide bonds. The molecule has 0 spiro atoms. The molecule has 1 aromatic carbocycles.